The molecule has 1 aromatic heterocycles. The van der Waals surface area contributed by atoms with E-state index in [1.165, 1.54) is 12.5 Å². The summed E-state index contributed by atoms with van der Waals surface area (Å²) in [7, 11) is 0. The van der Waals surface area contributed by atoms with Crippen molar-refractivity contribution in [1.29, 1.82) is 0 Å². The van der Waals surface area contributed by atoms with E-state index in [1.807, 2.05) is 12.1 Å². The Morgan fingerprint density at radius 3 is 2.86 bits per heavy atom. The standard InChI is InChI=1S/C16H19N3O2/c1-16(2)8-7-11(10-16)18-13-5-6-14(19(20)21)15-12(13)4-3-9-17-15/h3-6,9,11,18H,7-8,10H2,1-2H3. The normalized spacial score (nSPS) is 20.6. The van der Waals surface area contributed by atoms with Gasteiger partial charge < -0.3 is 5.32 Å². The quantitative estimate of drug-likeness (QED) is 0.680. The molecule has 1 atom stereocenters. The van der Waals surface area contributed by atoms with Crippen molar-refractivity contribution in [1.82, 2.24) is 4.98 Å². The van der Waals surface area contributed by atoms with E-state index in [1.54, 1.807) is 12.3 Å². The maximum atomic E-state index is 11.1. The monoisotopic (exact) mass is 285 g/mol. The molecule has 1 N–H and O–H groups in total. The Morgan fingerprint density at radius 2 is 2.19 bits per heavy atom. The molecule has 5 nitrogen and oxygen atoms in total. The number of nitrogens with zero attached hydrogens (tertiary/aromatic N) is 2. The molecule has 0 aliphatic heterocycles. The fourth-order valence-electron chi connectivity index (χ4n) is 3.21. The number of benzene rings is 1. The summed E-state index contributed by atoms with van der Waals surface area (Å²) in [5, 5.41) is 15.5. The molecule has 0 saturated heterocycles. The molecule has 1 aliphatic rings. The number of rotatable bonds is 3. The average Bonchev–Trinajstić information content (AvgIpc) is 2.78. The molecular weight excluding hydrogens is 266 g/mol. The summed E-state index contributed by atoms with van der Waals surface area (Å²) in [6, 6.07) is 7.46. The van der Waals surface area contributed by atoms with Gasteiger partial charge in [-0.3, -0.25) is 10.1 Å². The van der Waals surface area contributed by atoms with Gasteiger partial charge in [0.1, 0.15) is 5.52 Å². The van der Waals surface area contributed by atoms with Crippen molar-refractivity contribution in [2.75, 3.05) is 5.32 Å². The fraction of sp³-hybridized carbons (Fsp3) is 0.438. The lowest BCUT2D eigenvalue weighted by Crippen LogP contribution is -2.17. The number of nitrogens with one attached hydrogen (secondary N) is 1. The number of nitro groups is 1. The lowest BCUT2D eigenvalue weighted by atomic mass is 9.92. The Hall–Kier alpha value is -2.17. The van der Waals surface area contributed by atoms with E-state index in [4.69, 9.17) is 0 Å². The molecule has 1 aliphatic carbocycles. The molecule has 1 aromatic carbocycles. The third kappa shape index (κ3) is 2.68. The maximum absolute atomic E-state index is 11.1. The molecule has 1 fully saturated rings. The molecule has 2 aromatic rings. The zero-order valence-corrected chi connectivity index (χ0v) is 12.3. The Labute approximate surface area is 123 Å². The van der Waals surface area contributed by atoms with Gasteiger partial charge in [-0.2, -0.15) is 0 Å². The summed E-state index contributed by atoms with van der Waals surface area (Å²) in [5.41, 5.74) is 1.81. The summed E-state index contributed by atoms with van der Waals surface area (Å²) in [4.78, 5) is 14.9. The van der Waals surface area contributed by atoms with Crippen molar-refractivity contribution < 1.29 is 4.92 Å². The van der Waals surface area contributed by atoms with Crippen LogP contribution in [0.5, 0.6) is 0 Å². The molecule has 0 spiro atoms. The second-order valence-corrected chi connectivity index (χ2v) is 6.54. The number of aromatic nitrogens is 1. The molecule has 110 valence electrons. The fourth-order valence-corrected chi connectivity index (χ4v) is 3.21. The zero-order valence-electron chi connectivity index (χ0n) is 12.3. The van der Waals surface area contributed by atoms with Crippen LogP contribution in [0.4, 0.5) is 11.4 Å². The molecule has 1 saturated carbocycles. The highest BCUT2D eigenvalue weighted by atomic mass is 16.6. The van der Waals surface area contributed by atoms with Crippen molar-refractivity contribution in [3.05, 3.63) is 40.6 Å². The number of nitro benzene ring substituents is 1. The average molecular weight is 285 g/mol. The van der Waals surface area contributed by atoms with Gasteiger partial charge >= 0.3 is 0 Å². The van der Waals surface area contributed by atoms with Crippen molar-refractivity contribution in [3.8, 4) is 0 Å². The first kappa shape index (κ1) is 13.8. The number of hydrogen-bond acceptors (Lipinski definition) is 4. The SMILES string of the molecule is CC1(C)CCC(Nc2ccc([N+](=O)[O-])c3ncccc23)C1. The highest BCUT2D eigenvalue weighted by Gasteiger charge is 2.31. The first-order valence-electron chi connectivity index (χ1n) is 7.25. The summed E-state index contributed by atoms with van der Waals surface area (Å²) < 4.78 is 0. The number of fused-ring (bicyclic) bond motifs is 1. The van der Waals surface area contributed by atoms with Gasteiger partial charge in [0.2, 0.25) is 0 Å². The molecule has 1 unspecified atom stereocenters. The van der Waals surface area contributed by atoms with Crippen LogP contribution in [-0.2, 0) is 0 Å². The number of hydrogen-bond donors (Lipinski definition) is 1. The molecule has 1 heterocycles. The van der Waals surface area contributed by atoms with Gasteiger partial charge in [0.15, 0.2) is 0 Å². The van der Waals surface area contributed by atoms with Crippen LogP contribution in [0.1, 0.15) is 33.1 Å². The number of anilines is 1. The minimum atomic E-state index is -0.377. The van der Waals surface area contributed by atoms with Crippen LogP contribution in [0.3, 0.4) is 0 Å². The predicted molar refractivity (Wildman–Crippen MR) is 83.4 cm³/mol. The third-order valence-corrected chi connectivity index (χ3v) is 4.27. The van der Waals surface area contributed by atoms with Gasteiger partial charge in [0.25, 0.3) is 5.69 Å². The lowest BCUT2D eigenvalue weighted by Gasteiger charge is -2.19. The Bertz CT molecular complexity index is 697. The van der Waals surface area contributed by atoms with Crippen LogP contribution in [0.25, 0.3) is 10.9 Å². The van der Waals surface area contributed by atoms with Gasteiger partial charge in [0, 0.05) is 29.4 Å². The Balaban J connectivity index is 1.97. The minimum absolute atomic E-state index is 0.0582. The highest BCUT2D eigenvalue weighted by Crippen LogP contribution is 2.39. The second-order valence-electron chi connectivity index (χ2n) is 6.54. The molecular formula is C16H19N3O2. The first-order valence-corrected chi connectivity index (χ1v) is 7.25. The van der Waals surface area contributed by atoms with E-state index in [-0.39, 0.29) is 10.6 Å². The van der Waals surface area contributed by atoms with Gasteiger partial charge in [-0.05, 0) is 42.9 Å². The van der Waals surface area contributed by atoms with E-state index in [9.17, 15) is 10.1 Å². The highest BCUT2D eigenvalue weighted by molar-refractivity contribution is 5.97. The number of non-ortho nitro benzene ring substituents is 1. The van der Waals surface area contributed by atoms with Gasteiger partial charge in [-0.1, -0.05) is 13.8 Å². The first-order chi connectivity index (χ1) is 9.96. The smallest absolute Gasteiger partial charge is 0.295 e. The number of pyridine rings is 1. The van der Waals surface area contributed by atoms with Crippen molar-refractivity contribution >= 4 is 22.3 Å². The topological polar surface area (TPSA) is 68.1 Å². The van der Waals surface area contributed by atoms with Crippen LogP contribution in [0, 0.1) is 15.5 Å². The maximum Gasteiger partial charge on any atom is 0.295 e. The molecule has 0 bridgehead atoms. The van der Waals surface area contributed by atoms with Crippen LogP contribution in [0.2, 0.25) is 0 Å². The van der Waals surface area contributed by atoms with E-state index in [2.05, 4.69) is 24.1 Å². The van der Waals surface area contributed by atoms with Crippen molar-refractivity contribution in [3.63, 3.8) is 0 Å². The second kappa shape index (κ2) is 4.98. The van der Waals surface area contributed by atoms with Crippen LogP contribution in [0.15, 0.2) is 30.5 Å². The predicted octanol–water partition coefficient (Wildman–Crippen LogP) is 4.13. The molecule has 0 amide bonds. The summed E-state index contributed by atoms with van der Waals surface area (Å²) in [6.45, 7) is 4.56. The van der Waals surface area contributed by atoms with Crippen LogP contribution in [-0.4, -0.2) is 15.9 Å². The summed E-state index contributed by atoms with van der Waals surface area (Å²) in [5.74, 6) is 0. The van der Waals surface area contributed by atoms with E-state index < -0.39 is 0 Å². The van der Waals surface area contributed by atoms with Crippen molar-refractivity contribution in [2.24, 2.45) is 5.41 Å². The Kier molecular flexibility index (Phi) is 3.27. The molecule has 21 heavy (non-hydrogen) atoms. The van der Waals surface area contributed by atoms with Crippen LogP contribution >= 0.6 is 0 Å². The summed E-state index contributed by atoms with van der Waals surface area (Å²) in [6.07, 6.45) is 5.04. The zero-order chi connectivity index (χ0) is 15.0. The largest absolute Gasteiger partial charge is 0.382 e. The summed E-state index contributed by atoms with van der Waals surface area (Å²) >= 11 is 0. The van der Waals surface area contributed by atoms with E-state index in [0.717, 1.165) is 23.9 Å². The van der Waals surface area contributed by atoms with Crippen LogP contribution < -0.4 is 5.32 Å². The lowest BCUT2D eigenvalue weighted by molar-refractivity contribution is -0.383. The van der Waals surface area contributed by atoms with Gasteiger partial charge in [-0.15, -0.1) is 0 Å². The molecule has 5 heteroatoms. The molecule has 0 radical (unpaired) electrons. The van der Waals surface area contributed by atoms with E-state index in [0.29, 0.717) is 17.0 Å². The van der Waals surface area contributed by atoms with E-state index >= 15 is 0 Å². The minimum Gasteiger partial charge on any atom is -0.382 e. The van der Waals surface area contributed by atoms with Crippen molar-refractivity contribution in [2.45, 2.75) is 39.2 Å². The Morgan fingerprint density at radius 1 is 1.38 bits per heavy atom. The molecule has 3 rings (SSSR count). The third-order valence-electron chi connectivity index (χ3n) is 4.27. The van der Waals surface area contributed by atoms with Gasteiger partial charge in [-0.25, -0.2) is 4.98 Å². The van der Waals surface area contributed by atoms with Gasteiger partial charge in [0.05, 0.1) is 4.92 Å².